The number of amides is 1. The zero-order valence-electron chi connectivity index (χ0n) is 15.0. The monoisotopic (exact) mass is 309 g/mol. The number of carbonyl (C=O) groups is 1. The third kappa shape index (κ3) is 4.69. The van der Waals surface area contributed by atoms with Crippen molar-refractivity contribution in [3.05, 3.63) is 0 Å². The van der Waals surface area contributed by atoms with Gasteiger partial charge >= 0.3 is 0 Å². The lowest BCUT2D eigenvalue weighted by atomic mass is 9.85. The van der Waals surface area contributed by atoms with Gasteiger partial charge in [0.25, 0.3) is 0 Å². The van der Waals surface area contributed by atoms with Crippen molar-refractivity contribution < 1.29 is 4.79 Å². The van der Waals surface area contributed by atoms with Crippen LogP contribution in [-0.2, 0) is 4.79 Å². The Kier molecular flexibility index (Phi) is 5.89. The second kappa shape index (κ2) is 7.31. The summed E-state index contributed by atoms with van der Waals surface area (Å²) in [4.78, 5) is 17.2. The molecule has 0 saturated carbocycles. The number of nitrogens with two attached hydrogens (primary N) is 1. The van der Waals surface area contributed by atoms with Gasteiger partial charge in [-0.1, -0.05) is 27.7 Å². The van der Waals surface area contributed by atoms with Gasteiger partial charge in [0.1, 0.15) is 0 Å². The van der Waals surface area contributed by atoms with E-state index in [1.54, 1.807) is 0 Å². The fraction of sp³-hybridized carbons (Fsp3) is 0.944. The summed E-state index contributed by atoms with van der Waals surface area (Å²) >= 11 is 0. The zero-order chi connectivity index (χ0) is 16.3. The van der Waals surface area contributed by atoms with Crippen LogP contribution in [0.4, 0.5) is 0 Å². The van der Waals surface area contributed by atoms with Crippen LogP contribution in [0.2, 0.25) is 0 Å². The molecule has 0 aliphatic carbocycles. The summed E-state index contributed by atoms with van der Waals surface area (Å²) in [5.74, 6) is 1.65. The fourth-order valence-electron chi connectivity index (χ4n) is 3.59. The lowest BCUT2D eigenvalue weighted by molar-refractivity contribution is -0.137. The molecule has 4 heteroatoms. The molecule has 2 rings (SSSR count). The summed E-state index contributed by atoms with van der Waals surface area (Å²) < 4.78 is 0. The Balaban J connectivity index is 1.85. The topological polar surface area (TPSA) is 49.6 Å². The van der Waals surface area contributed by atoms with Crippen molar-refractivity contribution in [1.82, 2.24) is 9.80 Å². The Labute approximate surface area is 136 Å². The van der Waals surface area contributed by atoms with Crippen LogP contribution in [-0.4, -0.2) is 54.5 Å². The molecular weight excluding hydrogens is 274 g/mol. The van der Waals surface area contributed by atoms with E-state index in [0.717, 1.165) is 32.0 Å². The number of hydrogen-bond acceptors (Lipinski definition) is 3. The quantitative estimate of drug-likeness (QED) is 0.870. The second-order valence-corrected chi connectivity index (χ2v) is 8.62. The molecule has 2 saturated heterocycles. The molecule has 0 radical (unpaired) electrons. The van der Waals surface area contributed by atoms with E-state index < -0.39 is 0 Å². The summed E-state index contributed by atoms with van der Waals surface area (Å²) in [7, 11) is 0. The summed E-state index contributed by atoms with van der Waals surface area (Å²) in [6.07, 6.45) is 5.02. The van der Waals surface area contributed by atoms with Gasteiger partial charge in [-0.25, -0.2) is 0 Å². The lowest BCUT2D eigenvalue weighted by Gasteiger charge is -2.40. The van der Waals surface area contributed by atoms with Crippen LogP contribution in [0.5, 0.6) is 0 Å². The minimum atomic E-state index is -0.387. The van der Waals surface area contributed by atoms with E-state index in [1.165, 1.54) is 32.4 Å². The number of hydrogen-bond donors (Lipinski definition) is 1. The third-order valence-electron chi connectivity index (χ3n) is 5.42. The maximum Gasteiger partial charge on any atom is 0.240 e. The average molecular weight is 309 g/mol. The predicted octanol–water partition coefficient (Wildman–Crippen LogP) is 2.33. The normalized spacial score (nSPS) is 27.0. The van der Waals surface area contributed by atoms with Crippen LogP contribution in [0.3, 0.4) is 0 Å². The van der Waals surface area contributed by atoms with E-state index in [4.69, 9.17) is 5.73 Å². The van der Waals surface area contributed by atoms with E-state index in [9.17, 15) is 4.79 Å². The number of nitrogens with zero attached hydrogens (tertiary/aromatic N) is 2. The van der Waals surface area contributed by atoms with Crippen LogP contribution in [0, 0.1) is 17.3 Å². The van der Waals surface area contributed by atoms with Crippen molar-refractivity contribution in [1.29, 1.82) is 0 Å². The molecule has 2 heterocycles. The molecule has 0 aromatic heterocycles. The van der Waals surface area contributed by atoms with E-state index in [0.29, 0.717) is 5.92 Å². The van der Waals surface area contributed by atoms with Crippen molar-refractivity contribution in [2.45, 2.75) is 59.4 Å². The summed E-state index contributed by atoms with van der Waals surface area (Å²) in [5, 5.41) is 0. The summed E-state index contributed by atoms with van der Waals surface area (Å²) in [6.45, 7) is 13.9. The van der Waals surface area contributed by atoms with Gasteiger partial charge in [0, 0.05) is 19.6 Å². The second-order valence-electron chi connectivity index (χ2n) is 8.62. The number of rotatable bonds is 3. The molecule has 22 heavy (non-hydrogen) atoms. The van der Waals surface area contributed by atoms with Gasteiger partial charge in [-0.2, -0.15) is 0 Å². The lowest BCUT2D eigenvalue weighted by Crippen LogP contribution is -2.54. The summed E-state index contributed by atoms with van der Waals surface area (Å²) in [5.41, 5.74) is 6.01. The molecule has 1 amide bonds. The Morgan fingerprint density at radius 3 is 2.41 bits per heavy atom. The molecule has 2 atom stereocenters. The first kappa shape index (κ1) is 17.7. The van der Waals surface area contributed by atoms with Gasteiger partial charge in [-0.05, 0) is 56.0 Å². The molecule has 2 aliphatic rings. The molecule has 0 aromatic rings. The van der Waals surface area contributed by atoms with Gasteiger partial charge < -0.3 is 15.5 Å². The maximum absolute atomic E-state index is 12.6. The minimum absolute atomic E-state index is 0.143. The highest BCUT2D eigenvalue weighted by Crippen LogP contribution is 2.24. The van der Waals surface area contributed by atoms with E-state index in [1.807, 2.05) is 25.7 Å². The smallest absolute Gasteiger partial charge is 0.240 e. The fourth-order valence-corrected chi connectivity index (χ4v) is 3.59. The van der Waals surface area contributed by atoms with Crippen LogP contribution in [0.1, 0.15) is 53.4 Å². The largest absolute Gasteiger partial charge is 0.341 e. The first-order chi connectivity index (χ1) is 10.3. The van der Waals surface area contributed by atoms with Gasteiger partial charge in [-0.3, -0.25) is 4.79 Å². The van der Waals surface area contributed by atoms with Crippen molar-refractivity contribution >= 4 is 5.91 Å². The van der Waals surface area contributed by atoms with Gasteiger partial charge in [-0.15, -0.1) is 0 Å². The Hall–Kier alpha value is -0.610. The Morgan fingerprint density at radius 1 is 1.18 bits per heavy atom. The van der Waals surface area contributed by atoms with Gasteiger partial charge in [0.05, 0.1) is 6.04 Å². The van der Waals surface area contributed by atoms with Crippen molar-refractivity contribution in [2.75, 3.05) is 32.7 Å². The summed E-state index contributed by atoms with van der Waals surface area (Å²) in [6, 6.07) is -0.387. The highest BCUT2D eigenvalue weighted by Gasteiger charge is 2.33. The van der Waals surface area contributed by atoms with Crippen LogP contribution >= 0.6 is 0 Å². The highest BCUT2D eigenvalue weighted by atomic mass is 16.2. The Bertz CT molecular complexity index is 369. The molecule has 1 unspecified atom stereocenters. The van der Waals surface area contributed by atoms with Crippen LogP contribution in [0.25, 0.3) is 0 Å². The van der Waals surface area contributed by atoms with Gasteiger partial charge in [0.15, 0.2) is 0 Å². The predicted molar refractivity (Wildman–Crippen MR) is 91.6 cm³/mol. The molecule has 0 spiro atoms. The van der Waals surface area contributed by atoms with Crippen molar-refractivity contribution in [2.24, 2.45) is 23.0 Å². The third-order valence-corrected chi connectivity index (χ3v) is 5.42. The molecular formula is C18H35N3O. The van der Waals surface area contributed by atoms with Crippen LogP contribution < -0.4 is 5.73 Å². The average Bonchev–Trinajstić information content (AvgIpc) is 2.47. The standard InChI is InChI=1S/C18H35N3O/c1-14-7-10-20(11-8-14)12-15-6-5-9-21(13-15)17(22)16(19)18(2,3)4/h14-16H,5-13,19H2,1-4H3/t15?,16-/m1/s1. The molecule has 2 N–H and O–H groups in total. The highest BCUT2D eigenvalue weighted by molar-refractivity contribution is 5.82. The first-order valence-corrected chi connectivity index (χ1v) is 9.04. The molecule has 4 nitrogen and oxygen atoms in total. The SMILES string of the molecule is CC1CCN(CC2CCCN(C(=O)[C@@H](N)C(C)(C)C)C2)CC1. The van der Waals surface area contributed by atoms with Gasteiger partial charge in [0.2, 0.25) is 5.91 Å². The van der Waals surface area contributed by atoms with Crippen LogP contribution in [0.15, 0.2) is 0 Å². The number of carbonyl (C=O) groups excluding carboxylic acids is 1. The molecule has 0 aromatic carbocycles. The zero-order valence-corrected chi connectivity index (χ0v) is 15.0. The van der Waals surface area contributed by atoms with Crippen molar-refractivity contribution in [3.8, 4) is 0 Å². The molecule has 0 bridgehead atoms. The van der Waals surface area contributed by atoms with E-state index in [-0.39, 0.29) is 17.4 Å². The van der Waals surface area contributed by atoms with E-state index in [2.05, 4.69) is 11.8 Å². The van der Waals surface area contributed by atoms with Crippen molar-refractivity contribution in [3.63, 3.8) is 0 Å². The number of piperidine rings is 2. The minimum Gasteiger partial charge on any atom is -0.341 e. The molecule has 2 fully saturated rings. The van der Waals surface area contributed by atoms with E-state index >= 15 is 0 Å². The maximum atomic E-state index is 12.6. The first-order valence-electron chi connectivity index (χ1n) is 9.04. The number of likely N-dealkylation sites (tertiary alicyclic amines) is 2. The molecule has 128 valence electrons. The molecule has 2 aliphatic heterocycles. The Morgan fingerprint density at radius 2 is 1.82 bits per heavy atom.